The van der Waals surface area contributed by atoms with Gasteiger partial charge in [0.15, 0.2) is 0 Å². The first-order valence-corrected chi connectivity index (χ1v) is 12.0. The highest BCUT2D eigenvalue weighted by Gasteiger charge is 2.26. The number of piperidine rings is 1. The van der Waals surface area contributed by atoms with Crippen LogP contribution in [0.5, 0.6) is 0 Å². The van der Waals surface area contributed by atoms with Gasteiger partial charge < -0.3 is 5.32 Å². The quantitative estimate of drug-likeness (QED) is 0.677. The molecule has 1 aliphatic rings. The van der Waals surface area contributed by atoms with Crippen LogP contribution in [0.15, 0.2) is 42.6 Å². The van der Waals surface area contributed by atoms with Crippen LogP contribution in [0.2, 0.25) is 5.02 Å². The summed E-state index contributed by atoms with van der Waals surface area (Å²) in [5.41, 5.74) is 2.64. The van der Waals surface area contributed by atoms with Crippen molar-refractivity contribution in [2.45, 2.75) is 31.6 Å². The van der Waals surface area contributed by atoms with Gasteiger partial charge in [0.05, 0.1) is 11.8 Å². The van der Waals surface area contributed by atoms with Gasteiger partial charge in [0.1, 0.15) is 0 Å². The largest absolute Gasteiger partial charge is 0.352 e. The van der Waals surface area contributed by atoms with Crippen LogP contribution < -0.4 is 5.32 Å². The molecular formula is C21H26ClN3O3S. The minimum atomic E-state index is -3.13. The lowest BCUT2D eigenvalue weighted by Crippen LogP contribution is -2.37. The molecule has 8 heteroatoms. The first-order valence-electron chi connectivity index (χ1n) is 9.76. The number of benzene rings is 1. The highest BCUT2D eigenvalue weighted by atomic mass is 35.5. The van der Waals surface area contributed by atoms with E-state index in [4.69, 9.17) is 11.6 Å². The zero-order valence-corrected chi connectivity index (χ0v) is 18.0. The first kappa shape index (κ1) is 21.7. The molecule has 0 atom stereocenters. The Morgan fingerprint density at radius 2 is 1.86 bits per heavy atom. The van der Waals surface area contributed by atoms with Gasteiger partial charge in [-0.3, -0.25) is 9.78 Å². The van der Waals surface area contributed by atoms with Gasteiger partial charge in [-0.25, -0.2) is 12.7 Å². The molecule has 3 rings (SSSR count). The number of amides is 1. The summed E-state index contributed by atoms with van der Waals surface area (Å²) in [4.78, 5) is 16.8. The number of nitrogens with one attached hydrogen (secondary N) is 1. The molecule has 1 saturated heterocycles. The minimum absolute atomic E-state index is 0.132. The lowest BCUT2D eigenvalue weighted by Gasteiger charge is -2.29. The second-order valence-electron chi connectivity index (χ2n) is 7.39. The van der Waals surface area contributed by atoms with E-state index in [1.807, 2.05) is 30.3 Å². The lowest BCUT2D eigenvalue weighted by molar-refractivity contribution is 0.0952. The van der Waals surface area contributed by atoms with E-state index < -0.39 is 10.0 Å². The van der Waals surface area contributed by atoms with Crippen LogP contribution in [0.3, 0.4) is 0 Å². The van der Waals surface area contributed by atoms with Gasteiger partial charge >= 0.3 is 0 Å². The molecule has 1 aromatic heterocycles. The monoisotopic (exact) mass is 435 g/mol. The van der Waals surface area contributed by atoms with Crippen LogP contribution in [-0.4, -0.2) is 49.5 Å². The van der Waals surface area contributed by atoms with Crippen molar-refractivity contribution >= 4 is 27.5 Å². The number of rotatable bonds is 7. The molecule has 1 aromatic carbocycles. The minimum Gasteiger partial charge on any atom is -0.352 e. The molecule has 2 aromatic rings. The predicted molar refractivity (Wildman–Crippen MR) is 115 cm³/mol. The van der Waals surface area contributed by atoms with Crippen molar-refractivity contribution in [3.8, 4) is 0 Å². The molecule has 0 aliphatic carbocycles. The van der Waals surface area contributed by atoms with Crippen molar-refractivity contribution in [3.05, 3.63) is 64.4 Å². The molecule has 0 radical (unpaired) electrons. The molecule has 1 aliphatic heterocycles. The van der Waals surface area contributed by atoms with Crippen molar-refractivity contribution in [3.63, 3.8) is 0 Å². The molecule has 0 bridgehead atoms. The summed E-state index contributed by atoms with van der Waals surface area (Å²) in [5.74, 6) is 0.0940. The molecular weight excluding hydrogens is 410 g/mol. The van der Waals surface area contributed by atoms with E-state index >= 15 is 0 Å². The Morgan fingerprint density at radius 3 is 2.45 bits per heavy atom. The van der Waals surface area contributed by atoms with Gasteiger partial charge in [-0.2, -0.15) is 0 Å². The molecule has 1 amide bonds. The van der Waals surface area contributed by atoms with Gasteiger partial charge in [0.2, 0.25) is 10.0 Å². The van der Waals surface area contributed by atoms with Crippen molar-refractivity contribution in [2.75, 3.05) is 25.9 Å². The summed E-state index contributed by atoms with van der Waals surface area (Å²) in [6, 6.07) is 11.4. The number of pyridine rings is 1. The molecule has 156 valence electrons. The third-order valence-corrected chi connectivity index (χ3v) is 6.79. The first-order chi connectivity index (χ1) is 13.8. The molecule has 0 unspecified atom stereocenters. The van der Waals surface area contributed by atoms with Gasteiger partial charge in [0.25, 0.3) is 5.91 Å². The van der Waals surface area contributed by atoms with E-state index in [0.29, 0.717) is 25.2 Å². The van der Waals surface area contributed by atoms with E-state index in [-0.39, 0.29) is 11.8 Å². The number of halogens is 1. The average Bonchev–Trinajstić information content (AvgIpc) is 2.72. The topological polar surface area (TPSA) is 79.4 Å². The number of aromatic nitrogens is 1. The van der Waals surface area contributed by atoms with E-state index in [9.17, 15) is 13.2 Å². The van der Waals surface area contributed by atoms with Crippen LogP contribution >= 0.6 is 11.6 Å². The maximum absolute atomic E-state index is 12.3. The Balaban J connectivity index is 1.44. The molecule has 2 heterocycles. The van der Waals surface area contributed by atoms with Crippen LogP contribution in [0, 0.1) is 0 Å². The average molecular weight is 436 g/mol. The zero-order valence-electron chi connectivity index (χ0n) is 16.5. The predicted octanol–water partition coefficient (Wildman–Crippen LogP) is 3.24. The van der Waals surface area contributed by atoms with Crippen LogP contribution in [0.25, 0.3) is 0 Å². The third-order valence-electron chi connectivity index (χ3n) is 5.23. The summed E-state index contributed by atoms with van der Waals surface area (Å²) in [6.07, 6.45) is 6.06. The standard InChI is InChI=1S/C21H26ClN3O3S/c1-29(27,28)25-13-10-17(11-14-25)20-9-6-18(15-24-20)21(26)23-12-2-3-16-4-7-19(22)8-5-16/h4-9,15,17H,2-3,10-14H2,1H3,(H,23,26). The number of carbonyl (C=O) groups is 1. The fourth-order valence-corrected chi connectivity index (χ4v) is 4.51. The second kappa shape index (κ2) is 9.69. The van der Waals surface area contributed by atoms with E-state index in [1.165, 1.54) is 16.1 Å². The maximum atomic E-state index is 12.3. The Kier molecular flexibility index (Phi) is 7.27. The molecule has 1 fully saturated rings. The summed E-state index contributed by atoms with van der Waals surface area (Å²) in [6.45, 7) is 1.62. The van der Waals surface area contributed by atoms with E-state index in [1.54, 1.807) is 12.3 Å². The van der Waals surface area contributed by atoms with E-state index in [2.05, 4.69) is 10.3 Å². The fourth-order valence-electron chi connectivity index (χ4n) is 3.51. The number of carbonyl (C=O) groups excluding carboxylic acids is 1. The number of sulfonamides is 1. The normalized spacial score (nSPS) is 15.9. The highest BCUT2D eigenvalue weighted by molar-refractivity contribution is 7.88. The second-order valence-corrected chi connectivity index (χ2v) is 9.81. The van der Waals surface area contributed by atoms with Crippen LogP contribution in [0.1, 0.15) is 46.8 Å². The van der Waals surface area contributed by atoms with Crippen molar-refractivity contribution in [1.29, 1.82) is 0 Å². The smallest absolute Gasteiger partial charge is 0.252 e. The SMILES string of the molecule is CS(=O)(=O)N1CCC(c2ccc(C(=O)NCCCc3ccc(Cl)cc3)cn2)CC1. The zero-order chi connectivity index (χ0) is 20.9. The van der Waals surface area contributed by atoms with Crippen LogP contribution in [-0.2, 0) is 16.4 Å². The number of aryl methyl sites for hydroxylation is 1. The molecule has 1 N–H and O–H groups in total. The van der Waals surface area contributed by atoms with E-state index in [0.717, 1.165) is 36.4 Å². The van der Waals surface area contributed by atoms with Crippen LogP contribution in [0.4, 0.5) is 0 Å². The number of nitrogens with zero attached hydrogens (tertiary/aromatic N) is 2. The van der Waals surface area contributed by atoms with Crippen molar-refractivity contribution < 1.29 is 13.2 Å². The Morgan fingerprint density at radius 1 is 1.17 bits per heavy atom. The van der Waals surface area contributed by atoms with Gasteiger partial charge in [0, 0.05) is 42.5 Å². The Bertz CT molecular complexity index is 923. The van der Waals surface area contributed by atoms with Gasteiger partial charge in [-0.15, -0.1) is 0 Å². The maximum Gasteiger partial charge on any atom is 0.252 e. The summed E-state index contributed by atoms with van der Waals surface area (Å²) < 4.78 is 24.7. The molecule has 6 nitrogen and oxygen atoms in total. The summed E-state index contributed by atoms with van der Waals surface area (Å²) >= 11 is 5.88. The molecule has 29 heavy (non-hydrogen) atoms. The lowest BCUT2D eigenvalue weighted by atomic mass is 9.94. The molecule has 0 saturated carbocycles. The fraction of sp³-hybridized carbons (Fsp3) is 0.429. The Hall–Kier alpha value is -1.96. The Labute approximate surface area is 177 Å². The summed E-state index contributed by atoms with van der Waals surface area (Å²) in [7, 11) is -3.13. The summed E-state index contributed by atoms with van der Waals surface area (Å²) in [5, 5.41) is 3.64. The van der Waals surface area contributed by atoms with Gasteiger partial charge in [-0.05, 0) is 55.5 Å². The third kappa shape index (κ3) is 6.26. The molecule has 0 spiro atoms. The number of hydrogen-bond donors (Lipinski definition) is 1. The number of hydrogen-bond acceptors (Lipinski definition) is 4. The highest BCUT2D eigenvalue weighted by Crippen LogP contribution is 2.27. The van der Waals surface area contributed by atoms with Crippen molar-refractivity contribution in [1.82, 2.24) is 14.6 Å². The van der Waals surface area contributed by atoms with Crippen molar-refractivity contribution in [2.24, 2.45) is 0 Å². The van der Waals surface area contributed by atoms with Gasteiger partial charge in [-0.1, -0.05) is 23.7 Å².